The van der Waals surface area contributed by atoms with Crippen LogP contribution < -0.4 is 4.90 Å². The highest BCUT2D eigenvalue weighted by Gasteiger charge is 2.16. The van der Waals surface area contributed by atoms with Crippen molar-refractivity contribution < 1.29 is 0 Å². The van der Waals surface area contributed by atoms with Gasteiger partial charge in [0.05, 0.1) is 11.9 Å². The van der Waals surface area contributed by atoms with Crippen LogP contribution in [-0.2, 0) is 0 Å². The number of aromatic nitrogens is 2. The van der Waals surface area contributed by atoms with Crippen LogP contribution in [0.2, 0.25) is 0 Å². The summed E-state index contributed by atoms with van der Waals surface area (Å²) in [4.78, 5) is 11.0. The van der Waals surface area contributed by atoms with Crippen LogP contribution in [0, 0.1) is 0 Å². The molecular formula is C10H15N3. The molecule has 70 valence electrons. The summed E-state index contributed by atoms with van der Waals surface area (Å²) in [6, 6.07) is 0. The largest absolute Gasteiger partial charge is 0.355 e. The van der Waals surface area contributed by atoms with Crippen molar-refractivity contribution in [3.63, 3.8) is 0 Å². The SMILES string of the molecule is CC(C)c1cncc(N2CCC2)n1. The minimum Gasteiger partial charge on any atom is -0.355 e. The average Bonchev–Trinajstić information content (AvgIpc) is 2.01. The molecule has 0 bridgehead atoms. The Morgan fingerprint density at radius 2 is 2.08 bits per heavy atom. The minimum absolute atomic E-state index is 0.466. The monoisotopic (exact) mass is 177 g/mol. The Kier molecular flexibility index (Phi) is 2.17. The molecule has 0 atom stereocenters. The van der Waals surface area contributed by atoms with Gasteiger partial charge in [0.25, 0.3) is 0 Å². The van der Waals surface area contributed by atoms with Crippen LogP contribution in [0.25, 0.3) is 0 Å². The van der Waals surface area contributed by atoms with Crippen molar-refractivity contribution >= 4 is 5.82 Å². The van der Waals surface area contributed by atoms with E-state index in [4.69, 9.17) is 0 Å². The van der Waals surface area contributed by atoms with E-state index in [1.807, 2.05) is 12.4 Å². The van der Waals surface area contributed by atoms with Gasteiger partial charge < -0.3 is 4.90 Å². The molecule has 1 aliphatic rings. The van der Waals surface area contributed by atoms with Crippen LogP contribution in [0.1, 0.15) is 31.9 Å². The van der Waals surface area contributed by atoms with Crippen LogP contribution in [-0.4, -0.2) is 23.1 Å². The summed E-state index contributed by atoms with van der Waals surface area (Å²) in [5.74, 6) is 1.51. The standard InChI is InChI=1S/C10H15N3/c1-8(2)9-6-11-7-10(12-9)13-4-3-5-13/h6-8H,3-5H2,1-2H3. The molecule has 2 rings (SSSR count). The number of hydrogen-bond donors (Lipinski definition) is 0. The van der Waals surface area contributed by atoms with Gasteiger partial charge >= 0.3 is 0 Å². The molecule has 2 heterocycles. The molecule has 3 nitrogen and oxygen atoms in total. The molecule has 0 N–H and O–H groups in total. The van der Waals surface area contributed by atoms with Gasteiger partial charge in [-0.3, -0.25) is 4.98 Å². The average molecular weight is 177 g/mol. The molecule has 1 aromatic rings. The second kappa shape index (κ2) is 3.32. The third kappa shape index (κ3) is 1.64. The fourth-order valence-corrected chi connectivity index (χ4v) is 1.35. The Morgan fingerprint density at radius 3 is 2.62 bits per heavy atom. The molecule has 1 aromatic heterocycles. The summed E-state index contributed by atoms with van der Waals surface area (Å²) in [5, 5.41) is 0. The van der Waals surface area contributed by atoms with Gasteiger partial charge in [-0.25, -0.2) is 4.98 Å². The van der Waals surface area contributed by atoms with Crippen molar-refractivity contribution in [3.05, 3.63) is 18.1 Å². The molecule has 1 aliphatic heterocycles. The lowest BCUT2D eigenvalue weighted by atomic mass is 10.1. The van der Waals surface area contributed by atoms with Crippen molar-refractivity contribution in [2.45, 2.75) is 26.2 Å². The Bertz CT molecular complexity index is 292. The van der Waals surface area contributed by atoms with E-state index in [0.717, 1.165) is 24.6 Å². The maximum atomic E-state index is 4.56. The van der Waals surface area contributed by atoms with Crippen molar-refractivity contribution in [2.24, 2.45) is 0 Å². The molecule has 0 aliphatic carbocycles. The van der Waals surface area contributed by atoms with E-state index >= 15 is 0 Å². The van der Waals surface area contributed by atoms with Gasteiger partial charge in [-0.05, 0) is 12.3 Å². The quantitative estimate of drug-likeness (QED) is 0.690. The maximum absolute atomic E-state index is 4.56. The molecule has 1 saturated heterocycles. The fourth-order valence-electron chi connectivity index (χ4n) is 1.35. The molecule has 0 unspecified atom stereocenters. The van der Waals surface area contributed by atoms with Gasteiger partial charge in [-0.15, -0.1) is 0 Å². The van der Waals surface area contributed by atoms with Crippen LogP contribution in [0.4, 0.5) is 5.82 Å². The highest BCUT2D eigenvalue weighted by Crippen LogP contribution is 2.19. The molecule has 0 radical (unpaired) electrons. The maximum Gasteiger partial charge on any atom is 0.147 e. The predicted octanol–water partition coefficient (Wildman–Crippen LogP) is 1.81. The van der Waals surface area contributed by atoms with E-state index in [2.05, 4.69) is 28.7 Å². The number of hydrogen-bond acceptors (Lipinski definition) is 3. The van der Waals surface area contributed by atoms with Gasteiger partial charge in [0, 0.05) is 19.3 Å². The highest BCUT2D eigenvalue weighted by atomic mass is 15.2. The van der Waals surface area contributed by atoms with Gasteiger partial charge in [-0.2, -0.15) is 0 Å². The van der Waals surface area contributed by atoms with Crippen LogP contribution in [0.15, 0.2) is 12.4 Å². The first kappa shape index (κ1) is 8.48. The third-order valence-corrected chi connectivity index (χ3v) is 2.41. The van der Waals surface area contributed by atoms with Crippen LogP contribution in [0.3, 0.4) is 0 Å². The first-order valence-corrected chi connectivity index (χ1v) is 4.84. The second-order valence-electron chi connectivity index (χ2n) is 3.80. The first-order valence-electron chi connectivity index (χ1n) is 4.84. The lowest BCUT2D eigenvalue weighted by molar-refractivity contribution is 0.605. The van der Waals surface area contributed by atoms with E-state index < -0.39 is 0 Å². The first-order chi connectivity index (χ1) is 6.27. The summed E-state index contributed by atoms with van der Waals surface area (Å²) in [7, 11) is 0. The Hall–Kier alpha value is -1.12. The van der Waals surface area contributed by atoms with E-state index in [1.165, 1.54) is 6.42 Å². The molecular weight excluding hydrogens is 162 g/mol. The van der Waals surface area contributed by atoms with Gasteiger partial charge in [0.2, 0.25) is 0 Å². The number of nitrogens with zero attached hydrogens (tertiary/aromatic N) is 3. The zero-order chi connectivity index (χ0) is 9.26. The number of rotatable bonds is 2. The molecule has 3 heteroatoms. The summed E-state index contributed by atoms with van der Waals surface area (Å²) in [6.07, 6.45) is 4.99. The summed E-state index contributed by atoms with van der Waals surface area (Å²) in [6.45, 7) is 6.56. The van der Waals surface area contributed by atoms with Gasteiger partial charge in [0.15, 0.2) is 0 Å². The Balaban J connectivity index is 2.21. The highest BCUT2D eigenvalue weighted by molar-refractivity contribution is 5.39. The molecule has 0 amide bonds. The zero-order valence-corrected chi connectivity index (χ0v) is 8.20. The minimum atomic E-state index is 0.466. The van der Waals surface area contributed by atoms with E-state index in [0.29, 0.717) is 5.92 Å². The molecule has 1 fully saturated rings. The fraction of sp³-hybridized carbons (Fsp3) is 0.600. The van der Waals surface area contributed by atoms with Gasteiger partial charge in [0.1, 0.15) is 5.82 Å². The third-order valence-electron chi connectivity index (χ3n) is 2.41. The van der Waals surface area contributed by atoms with E-state index in [9.17, 15) is 0 Å². The van der Waals surface area contributed by atoms with E-state index in [-0.39, 0.29) is 0 Å². The summed E-state index contributed by atoms with van der Waals surface area (Å²) >= 11 is 0. The smallest absolute Gasteiger partial charge is 0.147 e. The summed E-state index contributed by atoms with van der Waals surface area (Å²) < 4.78 is 0. The topological polar surface area (TPSA) is 29.0 Å². The molecule has 0 saturated carbocycles. The Labute approximate surface area is 78.8 Å². The second-order valence-corrected chi connectivity index (χ2v) is 3.80. The Morgan fingerprint density at radius 1 is 1.31 bits per heavy atom. The zero-order valence-electron chi connectivity index (χ0n) is 8.20. The summed E-state index contributed by atoms with van der Waals surface area (Å²) in [5.41, 5.74) is 1.09. The van der Waals surface area contributed by atoms with Crippen LogP contribution >= 0.6 is 0 Å². The van der Waals surface area contributed by atoms with Crippen molar-refractivity contribution in [3.8, 4) is 0 Å². The normalized spacial score (nSPS) is 16.1. The lowest BCUT2D eigenvalue weighted by Crippen LogP contribution is -2.37. The van der Waals surface area contributed by atoms with Crippen molar-refractivity contribution in [2.75, 3.05) is 18.0 Å². The van der Waals surface area contributed by atoms with Gasteiger partial charge in [-0.1, -0.05) is 13.8 Å². The predicted molar refractivity (Wildman–Crippen MR) is 53.0 cm³/mol. The number of anilines is 1. The van der Waals surface area contributed by atoms with Crippen LogP contribution in [0.5, 0.6) is 0 Å². The van der Waals surface area contributed by atoms with Crippen molar-refractivity contribution in [1.29, 1.82) is 0 Å². The molecule has 13 heavy (non-hydrogen) atoms. The molecule has 0 spiro atoms. The van der Waals surface area contributed by atoms with Crippen molar-refractivity contribution in [1.82, 2.24) is 9.97 Å². The van der Waals surface area contributed by atoms with E-state index in [1.54, 1.807) is 0 Å². The molecule has 0 aromatic carbocycles. The lowest BCUT2D eigenvalue weighted by Gasteiger charge is -2.31.